The first-order valence-electron chi connectivity index (χ1n) is 4.61. The number of ether oxygens (including phenoxy) is 1. The van der Waals surface area contributed by atoms with E-state index in [0.29, 0.717) is 6.61 Å². The Balaban J connectivity index is 2.60. The lowest BCUT2D eigenvalue weighted by atomic mass is 10.4. The summed E-state index contributed by atoms with van der Waals surface area (Å²) in [4.78, 5) is 7.56. The van der Waals surface area contributed by atoms with Crippen LogP contribution in [0.2, 0.25) is 0 Å². The molecule has 1 aromatic heterocycles. The lowest BCUT2D eigenvalue weighted by Gasteiger charge is -2.09. The van der Waals surface area contributed by atoms with Crippen LogP contribution in [0.15, 0.2) is 0 Å². The first kappa shape index (κ1) is 11.3. The summed E-state index contributed by atoms with van der Waals surface area (Å²) in [6, 6.07) is 0. The Morgan fingerprint density at radius 2 is 2.00 bits per heavy atom. The maximum absolute atomic E-state index is 5.62. The second-order valence-electron chi connectivity index (χ2n) is 2.99. The van der Waals surface area contributed by atoms with E-state index in [-0.39, 0.29) is 23.3 Å². The predicted octanol–water partition coefficient (Wildman–Crippen LogP) is -0.788. The second kappa shape index (κ2) is 5.20. The summed E-state index contributed by atoms with van der Waals surface area (Å²) in [5, 5.41) is 3.00. The topological polar surface area (TPSA) is 125 Å². The molecule has 0 saturated carbocycles. The van der Waals surface area contributed by atoms with Crippen LogP contribution in [-0.2, 0) is 0 Å². The van der Waals surface area contributed by atoms with Gasteiger partial charge in [0.25, 0.3) is 0 Å². The van der Waals surface area contributed by atoms with E-state index in [4.69, 9.17) is 21.9 Å². The Morgan fingerprint density at radius 1 is 1.27 bits per heavy atom. The summed E-state index contributed by atoms with van der Waals surface area (Å²) in [5.74, 6) is 0.451. The summed E-state index contributed by atoms with van der Waals surface area (Å²) >= 11 is 0. The highest BCUT2D eigenvalue weighted by atomic mass is 16.5. The molecule has 84 valence electrons. The molecule has 0 aliphatic rings. The molecule has 0 bridgehead atoms. The van der Waals surface area contributed by atoms with Gasteiger partial charge in [-0.2, -0.15) is 9.97 Å². The molecule has 7 N–H and O–H groups in total. The Morgan fingerprint density at radius 3 is 2.67 bits per heavy atom. The minimum atomic E-state index is 0.0605. The molecule has 0 spiro atoms. The number of anilines is 3. The van der Waals surface area contributed by atoms with E-state index in [2.05, 4.69) is 15.3 Å². The summed E-state index contributed by atoms with van der Waals surface area (Å²) < 4.78 is 5.32. The van der Waals surface area contributed by atoms with Crippen molar-refractivity contribution >= 4 is 17.5 Å². The van der Waals surface area contributed by atoms with Crippen molar-refractivity contribution in [3.8, 4) is 5.88 Å². The van der Waals surface area contributed by atoms with Crippen LogP contribution >= 0.6 is 0 Å². The number of hydrogen-bond acceptors (Lipinski definition) is 7. The van der Waals surface area contributed by atoms with Crippen LogP contribution < -0.4 is 27.3 Å². The maximum Gasteiger partial charge on any atom is 0.244 e. The number of rotatable bonds is 5. The van der Waals surface area contributed by atoms with Gasteiger partial charge >= 0.3 is 0 Å². The van der Waals surface area contributed by atoms with Crippen molar-refractivity contribution in [3.05, 3.63) is 0 Å². The Bertz CT molecular complexity index is 329. The van der Waals surface area contributed by atoms with Crippen molar-refractivity contribution in [2.24, 2.45) is 0 Å². The van der Waals surface area contributed by atoms with Gasteiger partial charge in [0.15, 0.2) is 5.82 Å². The average Bonchev–Trinajstić information content (AvgIpc) is 2.19. The molecule has 0 aliphatic carbocycles. The smallest absolute Gasteiger partial charge is 0.244 e. The fourth-order valence-electron chi connectivity index (χ4n) is 1.01. The van der Waals surface area contributed by atoms with Crippen LogP contribution in [-0.4, -0.2) is 30.2 Å². The summed E-state index contributed by atoms with van der Waals surface area (Å²) in [5.41, 5.74) is 16.8. The molecule has 0 fully saturated rings. The number of nitrogens with zero attached hydrogens (tertiary/aromatic N) is 2. The zero-order valence-corrected chi connectivity index (χ0v) is 8.66. The molecular formula is C8H16N6O. The maximum atomic E-state index is 5.62. The minimum Gasteiger partial charge on any atom is -0.476 e. The molecule has 0 amide bonds. The molecule has 0 saturated heterocycles. The summed E-state index contributed by atoms with van der Waals surface area (Å²) in [6.45, 7) is 1.36. The number of aromatic nitrogens is 2. The van der Waals surface area contributed by atoms with Gasteiger partial charge in [0, 0.05) is 0 Å². The van der Waals surface area contributed by atoms with Gasteiger partial charge in [-0.25, -0.2) is 0 Å². The molecule has 7 heteroatoms. The van der Waals surface area contributed by atoms with Crippen LogP contribution in [0.1, 0.15) is 6.42 Å². The van der Waals surface area contributed by atoms with Gasteiger partial charge in [0.2, 0.25) is 11.8 Å². The van der Waals surface area contributed by atoms with E-state index in [1.165, 1.54) is 0 Å². The van der Waals surface area contributed by atoms with Gasteiger partial charge < -0.3 is 27.3 Å². The summed E-state index contributed by atoms with van der Waals surface area (Å²) in [7, 11) is 1.87. The number of nitrogens with one attached hydrogen (secondary N) is 1. The highest BCUT2D eigenvalue weighted by molar-refractivity contribution is 5.65. The van der Waals surface area contributed by atoms with Crippen LogP contribution in [0.4, 0.5) is 17.5 Å². The van der Waals surface area contributed by atoms with Gasteiger partial charge in [-0.05, 0) is 20.0 Å². The summed E-state index contributed by atoms with van der Waals surface area (Å²) in [6.07, 6.45) is 0.847. The van der Waals surface area contributed by atoms with Crippen molar-refractivity contribution in [3.63, 3.8) is 0 Å². The van der Waals surface area contributed by atoms with Crippen molar-refractivity contribution in [1.82, 2.24) is 15.3 Å². The lowest BCUT2D eigenvalue weighted by Crippen LogP contribution is -2.13. The molecule has 1 rings (SSSR count). The third kappa shape index (κ3) is 3.13. The molecule has 0 aromatic carbocycles. The van der Waals surface area contributed by atoms with Crippen LogP contribution in [0.5, 0.6) is 5.88 Å². The van der Waals surface area contributed by atoms with Crippen LogP contribution in [0.25, 0.3) is 0 Å². The molecule has 1 heterocycles. The molecular weight excluding hydrogens is 196 g/mol. The van der Waals surface area contributed by atoms with E-state index in [9.17, 15) is 0 Å². The normalized spacial score (nSPS) is 10.2. The van der Waals surface area contributed by atoms with Gasteiger partial charge in [0.1, 0.15) is 5.69 Å². The first-order chi connectivity index (χ1) is 7.15. The SMILES string of the molecule is CNCCCOc1nc(N)nc(N)c1N. The molecule has 15 heavy (non-hydrogen) atoms. The zero-order valence-electron chi connectivity index (χ0n) is 8.66. The van der Waals surface area contributed by atoms with Gasteiger partial charge in [0.05, 0.1) is 6.61 Å². The molecule has 0 atom stereocenters. The highest BCUT2D eigenvalue weighted by Gasteiger charge is 2.08. The van der Waals surface area contributed by atoms with E-state index in [1.807, 2.05) is 7.05 Å². The van der Waals surface area contributed by atoms with Crippen molar-refractivity contribution in [2.75, 3.05) is 37.4 Å². The predicted molar refractivity (Wildman–Crippen MR) is 59.3 cm³/mol. The number of hydrogen-bond donors (Lipinski definition) is 4. The number of nitrogen functional groups attached to an aromatic ring is 3. The standard InChI is InChI=1S/C8H16N6O/c1-12-3-2-4-15-7-5(9)6(10)13-8(11)14-7/h12H,2-4,9H2,1H3,(H4,10,11,13,14). The quantitative estimate of drug-likeness (QED) is 0.471. The monoisotopic (exact) mass is 212 g/mol. The molecule has 0 aliphatic heterocycles. The molecule has 0 radical (unpaired) electrons. The van der Waals surface area contributed by atoms with Crippen molar-refractivity contribution < 1.29 is 4.74 Å². The van der Waals surface area contributed by atoms with Crippen molar-refractivity contribution in [2.45, 2.75) is 6.42 Å². The Hall–Kier alpha value is -1.76. The van der Waals surface area contributed by atoms with E-state index in [1.54, 1.807) is 0 Å². The van der Waals surface area contributed by atoms with E-state index in [0.717, 1.165) is 13.0 Å². The largest absolute Gasteiger partial charge is 0.476 e. The number of nitrogens with two attached hydrogens (primary N) is 3. The third-order valence-corrected chi connectivity index (χ3v) is 1.77. The fraction of sp³-hybridized carbons (Fsp3) is 0.500. The van der Waals surface area contributed by atoms with Crippen LogP contribution in [0, 0.1) is 0 Å². The third-order valence-electron chi connectivity index (χ3n) is 1.77. The zero-order chi connectivity index (χ0) is 11.3. The van der Waals surface area contributed by atoms with Gasteiger partial charge in [-0.1, -0.05) is 0 Å². The van der Waals surface area contributed by atoms with E-state index < -0.39 is 0 Å². The lowest BCUT2D eigenvalue weighted by molar-refractivity contribution is 0.300. The van der Waals surface area contributed by atoms with Crippen LogP contribution in [0.3, 0.4) is 0 Å². The van der Waals surface area contributed by atoms with Gasteiger partial charge in [-0.3, -0.25) is 0 Å². The first-order valence-corrected chi connectivity index (χ1v) is 4.61. The molecule has 0 unspecified atom stereocenters. The fourth-order valence-corrected chi connectivity index (χ4v) is 1.01. The highest BCUT2D eigenvalue weighted by Crippen LogP contribution is 2.24. The molecule has 7 nitrogen and oxygen atoms in total. The second-order valence-corrected chi connectivity index (χ2v) is 2.99. The molecule has 1 aromatic rings. The van der Waals surface area contributed by atoms with Crippen molar-refractivity contribution in [1.29, 1.82) is 0 Å². The Kier molecular flexibility index (Phi) is 3.92. The minimum absolute atomic E-state index is 0.0605. The average molecular weight is 212 g/mol. The van der Waals surface area contributed by atoms with Gasteiger partial charge in [-0.15, -0.1) is 0 Å². The Labute approximate surface area is 88.0 Å². The van der Waals surface area contributed by atoms with E-state index >= 15 is 0 Å².